The number of ether oxygens (including phenoxy) is 1. The smallest absolute Gasteiger partial charge is 0.314 e. The number of rotatable bonds is 5. The summed E-state index contributed by atoms with van der Waals surface area (Å²) in [5, 5.41) is 9.23. The van der Waals surface area contributed by atoms with Crippen molar-refractivity contribution < 1.29 is 23.4 Å². The van der Waals surface area contributed by atoms with Gasteiger partial charge in [-0.05, 0) is 17.7 Å². The molecule has 0 heterocycles. The molecule has 0 amide bonds. The number of halogens is 3. The maximum Gasteiger partial charge on any atom is 0.314 e. The largest absolute Gasteiger partial charge is 0.489 e. The second-order valence-corrected chi connectivity index (χ2v) is 5.23. The summed E-state index contributed by atoms with van der Waals surface area (Å²) in [5.74, 6) is -4.60. The highest BCUT2D eigenvalue weighted by atomic mass is 79.9. The fourth-order valence-corrected chi connectivity index (χ4v) is 2.21. The van der Waals surface area contributed by atoms with Crippen molar-refractivity contribution in [1.29, 1.82) is 0 Å². The fraction of sp³-hybridized carbons (Fsp3) is 0.133. The Morgan fingerprint density at radius 2 is 1.90 bits per heavy atom. The molecule has 0 saturated heterocycles. The van der Waals surface area contributed by atoms with Crippen molar-refractivity contribution in [1.82, 2.24) is 0 Å². The zero-order chi connectivity index (χ0) is 15.4. The summed E-state index contributed by atoms with van der Waals surface area (Å²) in [7, 11) is 0. The molecule has 0 aromatic heterocycles. The third-order valence-electron chi connectivity index (χ3n) is 2.87. The van der Waals surface area contributed by atoms with Crippen molar-refractivity contribution in [3.63, 3.8) is 0 Å². The second-order valence-electron chi connectivity index (χ2n) is 4.31. The Bertz CT molecular complexity index is 647. The molecule has 0 aliphatic carbocycles. The Hall–Kier alpha value is -1.95. The normalized spacial score (nSPS) is 12.0. The van der Waals surface area contributed by atoms with Gasteiger partial charge in [-0.3, -0.25) is 4.79 Å². The van der Waals surface area contributed by atoms with Crippen LogP contribution in [-0.2, 0) is 4.79 Å². The van der Waals surface area contributed by atoms with Gasteiger partial charge in [0.25, 0.3) is 0 Å². The van der Waals surface area contributed by atoms with Crippen LogP contribution in [0, 0.1) is 11.6 Å². The monoisotopic (exact) mass is 356 g/mol. The van der Waals surface area contributed by atoms with Crippen molar-refractivity contribution in [3.8, 4) is 5.75 Å². The summed E-state index contributed by atoms with van der Waals surface area (Å²) in [4.78, 5) is 11.3. The number of carboxylic acids is 1. The zero-order valence-electron chi connectivity index (χ0n) is 10.7. The fourth-order valence-electron chi connectivity index (χ4n) is 1.81. The molecule has 1 N–H and O–H groups in total. The lowest BCUT2D eigenvalue weighted by molar-refractivity contribution is -0.139. The van der Waals surface area contributed by atoms with Crippen LogP contribution >= 0.6 is 15.9 Å². The first kappa shape index (κ1) is 15.4. The average molecular weight is 357 g/mol. The van der Waals surface area contributed by atoms with Gasteiger partial charge in [-0.1, -0.05) is 46.3 Å². The lowest BCUT2D eigenvalue weighted by Crippen LogP contribution is -2.19. The summed E-state index contributed by atoms with van der Waals surface area (Å²) >= 11 is 3.03. The number of aliphatic carboxylic acids is 1. The van der Waals surface area contributed by atoms with E-state index >= 15 is 0 Å². The van der Waals surface area contributed by atoms with Crippen LogP contribution < -0.4 is 4.74 Å². The Labute approximate surface area is 128 Å². The Morgan fingerprint density at radius 1 is 1.24 bits per heavy atom. The van der Waals surface area contributed by atoms with Gasteiger partial charge in [-0.25, -0.2) is 4.39 Å². The van der Waals surface area contributed by atoms with Gasteiger partial charge in [0.2, 0.25) is 5.82 Å². The minimum atomic E-state index is -1.14. The van der Waals surface area contributed by atoms with Gasteiger partial charge in [0.15, 0.2) is 11.6 Å². The standard InChI is InChI=1S/C15H11BrF2O3/c16-10-6-12(17)14(18)13(7-10)21-8-11(15(19)20)9-4-2-1-3-5-9/h1-7,11H,8H2,(H,19,20). The molecule has 110 valence electrons. The third kappa shape index (κ3) is 3.78. The lowest BCUT2D eigenvalue weighted by atomic mass is 10.0. The van der Waals surface area contributed by atoms with Crippen LogP contribution in [0.1, 0.15) is 11.5 Å². The van der Waals surface area contributed by atoms with Crippen LogP contribution in [0.2, 0.25) is 0 Å². The molecule has 21 heavy (non-hydrogen) atoms. The molecular weight excluding hydrogens is 346 g/mol. The summed E-state index contributed by atoms with van der Waals surface area (Å²) in [5.41, 5.74) is 0.529. The minimum absolute atomic E-state index is 0.299. The van der Waals surface area contributed by atoms with E-state index in [2.05, 4.69) is 15.9 Å². The summed E-state index contributed by atoms with van der Waals surface area (Å²) in [6, 6.07) is 10.7. The van der Waals surface area contributed by atoms with E-state index in [0.717, 1.165) is 6.07 Å². The third-order valence-corrected chi connectivity index (χ3v) is 3.32. The van der Waals surface area contributed by atoms with Crippen molar-refractivity contribution in [2.75, 3.05) is 6.61 Å². The molecule has 0 spiro atoms. The Morgan fingerprint density at radius 3 is 2.52 bits per heavy atom. The summed E-state index contributed by atoms with van der Waals surface area (Å²) in [6.07, 6.45) is 0. The number of carbonyl (C=O) groups is 1. The highest BCUT2D eigenvalue weighted by molar-refractivity contribution is 9.10. The first-order valence-electron chi connectivity index (χ1n) is 6.04. The first-order chi connectivity index (χ1) is 9.99. The quantitative estimate of drug-likeness (QED) is 0.824. The van der Waals surface area contributed by atoms with E-state index in [4.69, 9.17) is 4.74 Å². The summed E-state index contributed by atoms with van der Waals surface area (Å²) < 4.78 is 32.3. The molecule has 0 aliphatic rings. The highest BCUT2D eigenvalue weighted by Gasteiger charge is 2.22. The van der Waals surface area contributed by atoms with Crippen LogP contribution in [0.15, 0.2) is 46.9 Å². The molecule has 0 bridgehead atoms. The molecule has 2 rings (SSSR count). The summed E-state index contributed by atoms with van der Waals surface area (Å²) in [6.45, 7) is -0.299. The molecule has 2 aromatic carbocycles. The van der Waals surface area contributed by atoms with E-state index in [1.807, 2.05) is 0 Å². The predicted molar refractivity (Wildman–Crippen MR) is 76.4 cm³/mol. The van der Waals surface area contributed by atoms with Gasteiger partial charge in [0, 0.05) is 4.47 Å². The van der Waals surface area contributed by atoms with Crippen molar-refractivity contribution >= 4 is 21.9 Å². The average Bonchev–Trinajstić information content (AvgIpc) is 2.45. The number of hydrogen-bond acceptors (Lipinski definition) is 2. The van der Waals surface area contributed by atoms with Gasteiger partial charge < -0.3 is 9.84 Å². The highest BCUT2D eigenvalue weighted by Crippen LogP contribution is 2.27. The zero-order valence-corrected chi connectivity index (χ0v) is 12.3. The van der Waals surface area contributed by atoms with E-state index < -0.39 is 23.5 Å². The van der Waals surface area contributed by atoms with Gasteiger partial charge in [-0.15, -0.1) is 0 Å². The van der Waals surface area contributed by atoms with E-state index in [0.29, 0.717) is 10.0 Å². The van der Waals surface area contributed by atoms with Gasteiger partial charge in [0.05, 0.1) is 0 Å². The number of hydrogen-bond donors (Lipinski definition) is 1. The van der Waals surface area contributed by atoms with Crippen molar-refractivity contribution in [2.45, 2.75) is 5.92 Å². The maximum absolute atomic E-state index is 13.6. The van der Waals surface area contributed by atoms with Crippen LogP contribution in [0.5, 0.6) is 5.75 Å². The van der Waals surface area contributed by atoms with Crippen LogP contribution in [0.25, 0.3) is 0 Å². The molecule has 2 aromatic rings. The molecule has 6 heteroatoms. The van der Waals surface area contributed by atoms with Crippen molar-refractivity contribution in [2.24, 2.45) is 0 Å². The first-order valence-corrected chi connectivity index (χ1v) is 6.83. The molecule has 0 radical (unpaired) electrons. The Balaban J connectivity index is 2.19. The number of benzene rings is 2. The molecule has 3 nitrogen and oxygen atoms in total. The molecule has 0 saturated carbocycles. The van der Waals surface area contributed by atoms with E-state index in [1.54, 1.807) is 30.3 Å². The molecule has 1 atom stereocenters. The second kappa shape index (κ2) is 6.67. The lowest BCUT2D eigenvalue weighted by Gasteiger charge is -2.15. The number of carboxylic acid groups (broad SMARTS) is 1. The topological polar surface area (TPSA) is 46.5 Å². The van der Waals surface area contributed by atoms with Crippen molar-refractivity contribution in [3.05, 3.63) is 64.1 Å². The van der Waals surface area contributed by atoms with E-state index in [9.17, 15) is 18.7 Å². The van der Waals surface area contributed by atoms with Crippen LogP contribution in [0.4, 0.5) is 8.78 Å². The predicted octanol–water partition coefficient (Wildman–Crippen LogP) is 3.97. The molecule has 1 unspecified atom stereocenters. The van der Waals surface area contributed by atoms with Crippen LogP contribution in [-0.4, -0.2) is 17.7 Å². The van der Waals surface area contributed by atoms with Gasteiger partial charge in [-0.2, -0.15) is 4.39 Å². The van der Waals surface area contributed by atoms with E-state index in [-0.39, 0.29) is 12.4 Å². The van der Waals surface area contributed by atoms with E-state index in [1.165, 1.54) is 6.07 Å². The Kier molecular flexibility index (Phi) is 4.90. The van der Waals surface area contributed by atoms with Gasteiger partial charge >= 0.3 is 5.97 Å². The van der Waals surface area contributed by atoms with Gasteiger partial charge in [0.1, 0.15) is 12.5 Å². The molecular formula is C15H11BrF2O3. The minimum Gasteiger partial charge on any atom is -0.489 e. The SMILES string of the molecule is O=C(O)C(COc1cc(Br)cc(F)c1F)c1ccccc1. The molecule has 0 aliphatic heterocycles. The van der Waals surface area contributed by atoms with Crippen LogP contribution in [0.3, 0.4) is 0 Å². The molecule has 0 fully saturated rings. The maximum atomic E-state index is 13.6.